The van der Waals surface area contributed by atoms with Crippen molar-refractivity contribution in [1.29, 1.82) is 0 Å². The number of aliphatic hydroxyl groups excluding tert-OH is 1. The molecule has 0 heterocycles. The summed E-state index contributed by atoms with van der Waals surface area (Å²) in [6.07, 6.45) is 0.142. The standard InChI is InChI=1S/C15H16N2O5S/c1-23(21,22)12-7-8-13(14(9-12)17(19)20)16-10-15(18)11-5-3-2-4-6-11/h2-9,15-16,18H,10H2,1H3. The Bertz CT molecular complexity index is 806. The molecule has 0 saturated carbocycles. The summed E-state index contributed by atoms with van der Waals surface area (Å²) in [5.74, 6) is 0. The number of hydrogen-bond donors (Lipinski definition) is 2. The average Bonchev–Trinajstić information content (AvgIpc) is 2.52. The lowest BCUT2D eigenvalue weighted by molar-refractivity contribution is -0.384. The first kappa shape index (κ1) is 16.9. The van der Waals surface area contributed by atoms with E-state index in [1.54, 1.807) is 24.3 Å². The van der Waals surface area contributed by atoms with Crippen molar-refractivity contribution < 1.29 is 18.4 Å². The molecular formula is C15H16N2O5S. The van der Waals surface area contributed by atoms with Gasteiger partial charge in [-0.25, -0.2) is 8.42 Å². The van der Waals surface area contributed by atoms with Crippen LogP contribution in [0.15, 0.2) is 53.4 Å². The van der Waals surface area contributed by atoms with Crippen LogP contribution >= 0.6 is 0 Å². The van der Waals surface area contributed by atoms with Crippen molar-refractivity contribution in [3.63, 3.8) is 0 Å². The number of rotatable bonds is 6. The lowest BCUT2D eigenvalue weighted by Gasteiger charge is -2.13. The van der Waals surface area contributed by atoms with Crippen molar-refractivity contribution in [3.8, 4) is 0 Å². The molecule has 1 unspecified atom stereocenters. The maximum atomic E-state index is 11.5. The van der Waals surface area contributed by atoms with Gasteiger partial charge < -0.3 is 10.4 Å². The van der Waals surface area contributed by atoms with Crippen molar-refractivity contribution in [3.05, 3.63) is 64.2 Å². The molecule has 2 rings (SSSR count). The summed E-state index contributed by atoms with van der Waals surface area (Å²) in [6.45, 7) is 0.0586. The molecule has 0 saturated heterocycles. The van der Waals surface area contributed by atoms with E-state index in [1.807, 2.05) is 6.07 Å². The summed E-state index contributed by atoms with van der Waals surface area (Å²) in [5.41, 5.74) is 0.473. The van der Waals surface area contributed by atoms with Crippen molar-refractivity contribution in [1.82, 2.24) is 0 Å². The second-order valence-corrected chi connectivity index (χ2v) is 7.03. The van der Waals surface area contributed by atoms with Crippen LogP contribution in [0, 0.1) is 10.1 Å². The van der Waals surface area contributed by atoms with Crippen molar-refractivity contribution in [2.75, 3.05) is 18.1 Å². The van der Waals surface area contributed by atoms with Gasteiger partial charge in [-0.3, -0.25) is 10.1 Å². The van der Waals surface area contributed by atoms with Crippen LogP contribution in [0.5, 0.6) is 0 Å². The van der Waals surface area contributed by atoms with E-state index in [-0.39, 0.29) is 22.8 Å². The van der Waals surface area contributed by atoms with E-state index in [1.165, 1.54) is 12.1 Å². The minimum Gasteiger partial charge on any atom is -0.387 e. The summed E-state index contributed by atoms with van der Waals surface area (Å²) < 4.78 is 23.0. The molecule has 2 aromatic carbocycles. The fraction of sp³-hybridized carbons (Fsp3) is 0.200. The van der Waals surface area contributed by atoms with Gasteiger partial charge in [-0.05, 0) is 17.7 Å². The summed E-state index contributed by atoms with van der Waals surface area (Å²) in [6, 6.07) is 12.5. The van der Waals surface area contributed by atoms with Gasteiger partial charge in [0.2, 0.25) is 0 Å². The summed E-state index contributed by atoms with van der Waals surface area (Å²) >= 11 is 0. The van der Waals surface area contributed by atoms with Gasteiger partial charge in [-0.1, -0.05) is 30.3 Å². The zero-order valence-electron chi connectivity index (χ0n) is 12.3. The number of nitro groups is 1. The number of nitrogens with one attached hydrogen (secondary N) is 1. The van der Waals surface area contributed by atoms with Gasteiger partial charge in [-0.2, -0.15) is 0 Å². The van der Waals surface area contributed by atoms with Crippen LogP contribution in [-0.2, 0) is 9.84 Å². The zero-order chi connectivity index (χ0) is 17.0. The summed E-state index contributed by atoms with van der Waals surface area (Å²) in [7, 11) is -3.53. The maximum Gasteiger partial charge on any atom is 0.293 e. The van der Waals surface area contributed by atoms with Crippen LogP contribution in [-0.4, -0.2) is 31.2 Å². The molecule has 122 valence electrons. The van der Waals surface area contributed by atoms with Gasteiger partial charge in [-0.15, -0.1) is 0 Å². The predicted molar refractivity (Wildman–Crippen MR) is 86.1 cm³/mol. The Hall–Kier alpha value is -2.45. The molecule has 8 heteroatoms. The van der Waals surface area contributed by atoms with E-state index in [9.17, 15) is 23.6 Å². The largest absolute Gasteiger partial charge is 0.387 e. The Morgan fingerprint density at radius 3 is 2.43 bits per heavy atom. The highest BCUT2D eigenvalue weighted by molar-refractivity contribution is 7.90. The highest BCUT2D eigenvalue weighted by atomic mass is 32.2. The van der Waals surface area contributed by atoms with Gasteiger partial charge in [0.1, 0.15) is 5.69 Å². The average molecular weight is 336 g/mol. The smallest absolute Gasteiger partial charge is 0.293 e. The zero-order valence-corrected chi connectivity index (χ0v) is 13.2. The van der Waals surface area contributed by atoms with E-state index >= 15 is 0 Å². The molecule has 0 radical (unpaired) electrons. The number of sulfone groups is 1. The van der Waals surface area contributed by atoms with E-state index in [4.69, 9.17) is 0 Å². The molecule has 0 aliphatic rings. The Morgan fingerprint density at radius 2 is 1.87 bits per heavy atom. The van der Waals surface area contributed by atoms with Gasteiger partial charge in [0.15, 0.2) is 9.84 Å². The topological polar surface area (TPSA) is 110 Å². The maximum absolute atomic E-state index is 11.5. The molecule has 23 heavy (non-hydrogen) atoms. The Morgan fingerprint density at radius 1 is 1.22 bits per heavy atom. The summed E-state index contributed by atoms with van der Waals surface area (Å²) in [4.78, 5) is 10.3. The summed E-state index contributed by atoms with van der Waals surface area (Å²) in [5, 5.41) is 24.0. The van der Waals surface area contributed by atoms with Crippen LogP contribution in [0.3, 0.4) is 0 Å². The van der Waals surface area contributed by atoms with Crippen LogP contribution < -0.4 is 5.32 Å². The molecule has 0 aliphatic heterocycles. The van der Waals surface area contributed by atoms with Gasteiger partial charge in [0.05, 0.1) is 15.9 Å². The molecule has 2 aromatic rings. The van der Waals surface area contributed by atoms with Crippen LogP contribution in [0.2, 0.25) is 0 Å². The van der Waals surface area contributed by atoms with Crippen molar-refractivity contribution in [2.24, 2.45) is 0 Å². The molecule has 1 atom stereocenters. The lowest BCUT2D eigenvalue weighted by atomic mass is 10.1. The van der Waals surface area contributed by atoms with Crippen molar-refractivity contribution >= 4 is 21.2 Å². The Kier molecular flexibility index (Phi) is 4.97. The number of benzene rings is 2. The van der Waals surface area contributed by atoms with Crippen LogP contribution in [0.1, 0.15) is 11.7 Å². The fourth-order valence-corrected chi connectivity index (χ4v) is 2.68. The first-order chi connectivity index (χ1) is 10.8. The Balaban J connectivity index is 2.21. The van der Waals surface area contributed by atoms with Crippen molar-refractivity contribution in [2.45, 2.75) is 11.0 Å². The van der Waals surface area contributed by atoms with E-state index in [0.29, 0.717) is 5.56 Å². The molecule has 0 fully saturated rings. The lowest BCUT2D eigenvalue weighted by Crippen LogP contribution is -2.13. The molecule has 0 aromatic heterocycles. The number of hydrogen-bond acceptors (Lipinski definition) is 6. The second-order valence-electron chi connectivity index (χ2n) is 5.02. The predicted octanol–water partition coefficient (Wildman–Crippen LogP) is 2.14. The van der Waals surface area contributed by atoms with Crippen LogP contribution in [0.4, 0.5) is 11.4 Å². The third kappa shape index (κ3) is 4.27. The third-order valence-corrected chi connectivity index (χ3v) is 4.37. The molecule has 7 nitrogen and oxygen atoms in total. The molecule has 0 amide bonds. The van der Waals surface area contributed by atoms with E-state index < -0.39 is 20.9 Å². The number of anilines is 1. The first-order valence-corrected chi connectivity index (χ1v) is 8.63. The van der Waals surface area contributed by atoms with Gasteiger partial charge >= 0.3 is 0 Å². The first-order valence-electron chi connectivity index (χ1n) is 6.74. The molecule has 0 spiro atoms. The second kappa shape index (κ2) is 6.76. The van der Waals surface area contributed by atoms with Crippen LogP contribution in [0.25, 0.3) is 0 Å². The normalized spacial score (nSPS) is 12.6. The highest BCUT2D eigenvalue weighted by Gasteiger charge is 2.19. The number of nitrogens with zero attached hydrogens (tertiary/aromatic N) is 1. The molecule has 0 bridgehead atoms. The molecular weight excluding hydrogens is 320 g/mol. The molecule has 2 N–H and O–H groups in total. The monoisotopic (exact) mass is 336 g/mol. The molecule has 0 aliphatic carbocycles. The minimum atomic E-state index is -3.53. The third-order valence-electron chi connectivity index (χ3n) is 3.26. The highest BCUT2D eigenvalue weighted by Crippen LogP contribution is 2.28. The van der Waals surface area contributed by atoms with Gasteiger partial charge in [0.25, 0.3) is 5.69 Å². The van der Waals surface area contributed by atoms with Gasteiger partial charge in [0, 0.05) is 18.9 Å². The SMILES string of the molecule is CS(=O)(=O)c1ccc(NCC(O)c2ccccc2)c([N+](=O)[O-])c1. The fourth-order valence-electron chi connectivity index (χ4n) is 2.04. The van der Waals surface area contributed by atoms with E-state index in [0.717, 1.165) is 12.3 Å². The number of aliphatic hydroxyl groups is 1. The van der Waals surface area contributed by atoms with E-state index in [2.05, 4.69) is 5.32 Å². The quantitative estimate of drug-likeness (QED) is 0.618. The minimum absolute atomic E-state index is 0.0586. The Labute approximate surface area is 133 Å². The number of nitro benzene ring substituents is 1.